The molecule has 0 aliphatic rings. The minimum Gasteiger partial charge on any atom is -0.462 e. The van der Waals surface area contributed by atoms with Crippen molar-refractivity contribution in [3.8, 4) is 0 Å². The van der Waals surface area contributed by atoms with Gasteiger partial charge in [-0.2, -0.15) is 8.78 Å². The van der Waals surface area contributed by atoms with Gasteiger partial charge in [0.15, 0.2) is 0 Å². The molecule has 0 aromatic heterocycles. The first-order valence-corrected chi connectivity index (χ1v) is 5.57. The van der Waals surface area contributed by atoms with Crippen molar-refractivity contribution in [3.05, 3.63) is 35.9 Å². The Bertz CT molecular complexity index is 336. The maximum Gasteiger partial charge on any atom is 0.338 e. The molecule has 0 N–H and O–H groups in total. The molecule has 5 heteroatoms. The monoisotopic (exact) mass is 292 g/mol. The van der Waals surface area contributed by atoms with Crippen LogP contribution in [0.25, 0.3) is 0 Å². The van der Waals surface area contributed by atoms with Gasteiger partial charge in [0.25, 0.3) is 0 Å². The van der Waals surface area contributed by atoms with E-state index >= 15 is 0 Å². The zero-order chi connectivity index (χ0) is 12.0. The lowest BCUT2D eigenvalue weighted by atomic mass is 10.2. The highest BCUT2D eigenvalue weighted by molar-refractivity contribution is 9.09. The summed E-state index contributed by atoms with van der Waals surface area (Å²) in [5.41, 5.74) is 0.424. The van der Waals surface area contributed by atoms with Crippen LogP contribution in [0, 0.1) is 0 Å². The van der Waals surface area contributed by atoms with Gasteiger partial charge in [0, 0.05) is 6.42 Å². The van der Waals surface area contributed by atoms with E-state index in [-0.39, 0.29) is 19.4 Å². The molecule has 0 saturated heterocycles. The standard InChI is InChI=1S/C11H11BrF2O2/c12-11(13,14)7-4-8-16-10(15)9-5-2-1-3-6-9/h1-3,5-6H,4,7-8H2. The van der Waals surface area contributed by atoms with Crippen LogP contribution in [0.3, 0.4) is 0 Å². The van der Waals surface area contributed by atoms with Gasteiger partial charge in [-0.3, -0.25) is 0 Å². The summed E-state index contributed by atoms with van der Waals surface area (Å²) < 4.78 is 29.5. The normalized spacial score (nSPS) is 11.2. The van der Waals surface area contributed by atoms with Crippen molar-refractivity contribution >= 4 is 21.9 Å². The predicted octanol–water partition coefficient (Wildman–Crippen LogP) is 3.61. The molecule has 0 saturated carbocycles. The third-order valence-electron chi connectivity index (χ3n) is 1.85. The SMILES string of the molecule is O=C(OCCCC(F)(F)Br)c1ccccc1. The molecule has 0 bridgehead atoms. The van der Waals surface area contributed by atoms with Gasteiger partial charge in [-0.25, -0.2) is 4.79 Å². The fourth-order valence-electron chi connectivity index (χ4n) is 1.10. The molecule has 1 aromatic carbocycles. The number of carbonyl (C=O) groups is 1. The summed E-state index contributed by atoms with van der Waals surface area (Å²) in [6, 6.07) is 8.43. The van der Waals surface area contributed by atoms with Gasteiger partial charge in [-0.05, 0) is 34.5 Å². The first-order valence-electron chi connectivity index (χ1n) is 4.78. The van der Waals surface area contributed by atoms with E-state index in [1.165, 1.54) is 0 Å². The van der Waals surface area contributed by atoms with Gasteiger partial charge in [-0.1, -0.05) is 18.2 Å². The molecular weight excluding hydrogens is 282 g/mol. The second-order valence-electron chi connectivity index (χ2n) is 3.22. The molecule has 88 valence electrons. The van der Waals surface area contributed by atoms with Crippen LogP contribution in [0.2, 0.25) is 0 Å². The number of rotatable bonds is 5. The molecule has 0 atom stereocenters. The van der Waals surface area contributed by atoms with Crippen molar-refractivity contribution in [2.24, 2.45) is 0 Å². The Morgan fingerprint density at radius 1 is 1.31 bits per heavy atom. The van der Waals surface area contributed by atoms with Crippen LogP contribution in [0.1, 0.15) is 23.2 Å². The van der Waals surface area contributed by atoms with E-state index in [0.29, 0.717) is 5.56 Å². The lowest BCUT2D eigenvalue weighted by Gasteiger charge is -2.08. The molecule has 0 spiro atoms. The van der Waals surface area contributed by atoms with E-state index in [9.17, 15) is 13.6 Å². The van der Waals surface area contributed by atoms with Crippen LogP contribution in [-0.4, -0.2) is 17.4 Å². The van der Waals surface area contributed by atoms with Crippen molar-refractivity contribution in [2.45, 2.75) is 17.7 Å². The molecule has 0 heterocycles. The summed E-state index contributed by atoms with van der Waals surface area (Å²) in [5.74, 6) is -0.488. The average Bonchev–Trinajstić information content (AvgIpc) is 2.24. The van der Waals surface area contributed by atoms with Crippen LogP contribution in [0.15, 0.2) is 30.3 Å². The van der Waals surface area contributed by atoms with Crippen LogP contribution in [0.4, 0.5) is 8.78 Å². The fraction of sp³-hybridized carbons (Fsp3) is 0.364. The first kappa shape index (κ1) is 13.1. The minimum absolute atomic E-state index is 0.00504. The van der Waals surface area contributed by atoms with E-state index in [0.717, 1.165) is 0 Å². The number of ether oxygens (including phenoxy) is 1. The topological polar surface area (TPSA) is 26.3 Å². The molecule has 0 radical (unpaired) electrons. The maximum absolute atomic E-state index is 12.3. The van der Waals surface area contributed by atoms with Crippen molar-refractivity contribution < 1.29 is 18.3 Å². The van der Waals surface area contributed by atoms with Crippen molar-refractivity contribution in [3.63, 3.8) is 0 Å². The van der Waals surface area contributed by atoms with Gasteiger partial charge >= 0.3 is 10.8 Å². The van der Waals surface area contributed by atoms with Crippen LogP contribution in [0.5, 0.6) is 0 Å². The number of halogens is 3. The van der Waals surface area contributed by atoms with Gasteiger partial charge in [0.05, 0.1) is 12.2 Å². The summed E-state index contributed by atoms with van der Waals surface area (Å²) in [7, 11) is 0. The Hall–Kier alpha value is -0.970. The Morgan fingerprint density at radius 3 is 2.50 bits per heavy atom. The highest BCUT2D eigenvalue weighted by Crippen LogP contribution is 2.27. The summed E-state index contributed by atoms with van der Waals surface area (Å²) in [4.78, 5) is 8.46. The second-order valence-corrected chi connectivity index (χ2v) is 4.38. The molecule has 1 rings (SSSR count). The molecule has 0 amide bonds. The van der Waals surface area contributed by atoms with Gasteiger partial charge < -0.3 is 4.74 Å². The number of esters is 1. The summed E-state index contributed by atoms with van der Waals surface area (Å²) in [6.45, 7) is -0.00504. The first-order chi connectivity index (χ1) is 7.49. The Labute approximate surface area is 101 Å². The van der Waals surface area contributed by atoms with Crippen LogP contribution >= 0.6 is 15.9 Å². The molecule has 16 heavy (non-hydrogen) atoms. The highest BCUT2D eigenvalue weighted by Gasteiger charge is 2.22. The zero-order valence-corrected chi connectivity index (χ0v) is 10.0. The Morgan fingerprint density at radius 2 is 1.94 bits per heavy atom. The Kier molecular flexibility index (Phi) is 4.86. The highest BCUT2D eigenvalue weighted by atomic mass is 79.9. The third kappa shape index (κ3) is 5.21. The van der Waals surface area contributed by atoms with E-state index in [4.69, 9.17) is 4.74 Å². The van der Waals surface area contributed by atoms with E-state index in [2.05, 4.69) is 15.9 Å². The number of hydrogen-bond acceptors (Lipinski definition) is 2. The molecule has 0 unspecified atom stereocenters. The van der Waals surface area contributed by atoms with Crippen molar-refractivity contribution in [2.75, 3.05) is 6.61 Å². The third-order valence-corrected chi connectivity index (χ3v) is 2.24. The largest absolute Gasteiger partial charge is 0.462 e. The summed E-state index contributed by atoms with van der Waals surface area (Å²) in [6.07, 6.45) is -0.230. The number of carbonyl (C=O) groups excluding carboxylic acids is 1. The van der Waals surface area contributed by atoms with E-state index in [1.54, 1.807) is 30.3 Å². The van der Waals surface area contributed by atoms with Gasteiger partial charge in [0.2, 0.25) is 0 Å². The maximum atomic E-state index is 12.3. The predicted molar refractivity (Wildman–Crippen MR) is 59.8 cm³/mol. The number of hydrogen-bond donors (Lipinski definition) is 0. The zero-order valence-electron chi connectivity index (χ0n) is 8.46. The van der Waals surface area contributed by atoms with Gasteiger partial charge in [-0.15, -0.1) is 0 Å². The molecule has 1 aromatic rings. The lowest BCUT2D eigenvalue weighted by Crippen LogP contribution is -2.10. The number of alkyl halides is 3. The van der Waals surface area contributed by atoms with Crippen LogP contribution < -0.4 is 0 Å². The molecule has 0 aliphatic carbocycles. The molecule has 0 aliphatic heterocycles. The molecular formula is C11H11BrF2O2. The van der Waals surface area contributed by atoms with Gasteiger partial charge in [0.1, 0.15) is 0 Å². The summed E-state index contributed by atoms with van der Waals surface area (Å²) >= 11 is 2.22. The lowest BCUT2D eigenvalue weighted by molar-refractivity contribution is 0.0441. The smallest absolute Gasteiger partial charge is 0.338 e. The Balaban J connectivity index is 2.27. The minimum atomic E-state index is -2.88. The van der Waals surface area contributed by atoms with Crippen molar-refractivity contribution in [1.29, 1.82) is 0 Å². The van der Waals surface area contributed by atoms with Crippen molar-refractivity contribution in [1.82, 2.24) is 0 Å². The van der Waals surface area contributed by atoms with E-state index in [1.807, 2.05) is 0 Å². The molecule has 0 fully saturated rings. The summed E-state index contributed by atoms with van der Waals surface area (Å²) in [5, 5.41) is 0. The van der Waals surface area contributed by atoms with E-state index < -0.39 is 10.8 Å². The van der Waals surface area contributed by atoms with Crippen LogP contribution in [-0.2, 0) is 4.74 Å². The molecule has 2 nitrogen and oxygen atoms in total. The second kappa shape index (κ2) is 5.94. The number of benzene rings is 1. The fourth-order valence-corrected chi connectivity index (χ4v) is 1.38. The quantitative estimate of drug-likeness (QED) is 0.471. The average molecular weight is 293 g/mol.